The fourth-order valence-corrected chi connectivity index (χ4v) is 4.11. The molecule has 0 aromatic rings. The van der Waals surface area contributed by atoms with Gasteiger partial charge in [-0.05, 0) is 31.0 Å². The average molecular weight is 353 g/mol. The normalized spacial score (nSPS) is 26.2. The molecule has 1 rings (SSSR count). The fourth-order valence-electron chi connectivity index (χ4n) is 2.74. The van der Waals surface area contributed by atoms with Crippen LogP contribution in [0.3, 0.4) is 0 Å². The van der Waals surface area contributed by atoms with Crippen LogP contribution in [0.4, 0.5) is 0 Å². The first-order chi connectivity index (χ1) is 11.2. The van der Waals surface area contributed by atoms with Crippen molar-refractivity contribution in [3.05, 3.63) is 12.7 Å². The molecule has 1 aliphatic heterocycles. The third-order valence-electron chi connectivity index (χ3n) is 5.24. The smallest absolute Gasteiger partial charge is 0.293 e. The number of hydrogen-bond acceptors (Lipinski definition) is 5. The number of piperidine rings is 1. The second-order valence-electron chi connectivity index (χ2n) is 8.02. The van der Waals surface area contributed by atoms with Crippen molar-refractivity contribution in [3.63, 3.8) is 0 Å². The van der Waals surface area contributed by atoms with Crippen molar-refractivity contribution in [1.82, 2.24) is 10.3 Å². The molecular weight excluding hydrogens is 319 g/mol. The van der Waals surface area contributed by atoms with Crippen LogP contribution in [0.2, 0.25) is 18.1 Å². The third-order valence-corrected chi connectivity index (χ3v) is 9.75. The van der Waals surface area contributed by atoms with Gasteiger partial charge in [-0.2, -0.15) is 5.48 Å². The summed E-state index contributed by atoms with van der Waals surface area (Å²) in [4.78, 5) is 18.5. The molecule has 3 atom stereocenters. The van der Waals surface area contributed by atoms with E-state index in [1.807, 2.05) is 0 Å². The van der Waals surface area contributed by atoms with Crippen LogP contribution < -0.4 is 5.48 Å². The van der Waals surface area contributed by atoms with Crippen molar-refractivity contribution in [2.45, 2.75) is 76.9 Å². The largest absolute Gasteiger partial charge is 0.412 e. The van der Waals surface area contributed by atoms with Crippen LogP contribution in [0.1, 0.15) is 40.5 Å². The molecule has 1 heterocycles. The molecule has 1 radical (unpaired) electrons. The van der Waals surface area contributed by atoms with E-state index in [0.717, 1.165) is 19.0 Å². The van der Waals surface area contributed by atoms with Gasteiger partial charge in [-0.25, -0.2) is 0 Å². The maximum Gasteiger partial charge on any atom is 0.293 e. The summed E-state index contributed by atoms with van der Waals surface area (Å²) < 4.78 is 6.69. The summed E-state index contributed by atoms with van der Waals surface area (Å²) >= 11 is 0. The van der Waals surface area contributed by atoms with Gasteiger partial charge in [0.25, 0.3) is 7.41 Å². The molecule has 24 heavy (non-hydrogen) atoms. The van der Waals surface area contributed by atoms with Gasteiger partial charge >= 0.3 is 0 Å². The fraction of sp³-hybridized carbons (Fsp3) is 0.824. The highest BCUT2D eigenvalue weighted by atomic mass is 28.4. The van der Waals surface area contributed by atoms with E-state index in [1.165, 1.54) is 0 Å². The molecule has 1 N–H and O–H groups in total. The molecule has 1 aliphatic rings. The monoisotopic (exact) mass is 353 g/mol. The molecule has 137 valence electrons. The lowest BCUT2D eigenvalue weighted by atomic mass is 9.83. The molecule has 1 saturated heterocycles. The highest BCUT2D eigenvalue weighted by Crippen LogP contribution is 2.39. The summed E-state index contributed by atoms with van der Waals surface area (Å²) in [5.74, 6) is 0. The minimum Gasteiger partial charge on any atom is -0.412 e. The SMILES string of the molecule is C=CCON[C@H]1CN([B]C=O)[C@H](CC)CC1O[Si](C)(C)C(C)(C)C. The zero-order valence-corrected chi connectivity index (χ0v) is 17.2. The topological polar surface area (TPSA) is 50.8 Å². The molecular formula is C17H34BN2O3Si. The van der Waals surface area contributed by atoms with Crippen LogP contribution in [-0.4, -0.2) is 58.1 Å². The minimum absolute atomic E-state index is 0.0260. The Morgan fingerprint density at radius 1 is 1.42 bits per heavy atom. The van der Waals surface area contributed by atoms with Crippen LogP contribution in [0.25, 0.3) is 0 Å². The maximum absolute atomic E-state index is 11.0. The summed E-state index contributed by atoms with van der Waals surface area (Å²) in [7, 11) is -0.241. The Balaban J connectivity index is 2.89. The number of carbonyl (C=O) groups excluding carboxylic acids is 1. The van der Waals surface area contributed by atoms with E-state index in [1.54, 1.807) is 13.5 Å². The Hall–Kier alpha value is -0.468. The van der Waals surface area contributed by atoms with Crippen molar-refractivity contribution >= 4 is 21.9 Å². The van der Waals surface area contributed by atoms with Crippen LogP contribution in [0, 0.1) is 0 Å². The van der Waals surface area contributed by atoms with Crippen molar-refractivity contribution in [1.29, 1.82) is 0 Å². The molecule has 0 amide bonds. The number of hydrogen-bond donors (Lipinski definition) is 1. The van der Waals surface area contributed by atoms with Gasteiger partial charge in [-0.1, -0.05) is 33.8 Å². The van der Waals surface area contributed by atoms with Crippen LogP contribution in [0.5, 0.6) is 0 Å². The minimum atomic E-state index is -1.88. The van der Waals surface area contributed by atoms with Gasteiger partial charge in [-0.3, -0.25) is 4.84 Å². The van der Waals surface area contributed by atoms with E-state index in [2.05, 4.69) is 57.7 Å². The Bertz CT molecular complexity index is 415. The summed E-state index contributed by atoms with van der Waals surface area (Å²) in [6.07, 6.45) is 4.53. The third kappa shape index (κ3) is 5.81. The highest BCUT2D eigenvalue weighted by molar-refractivity contribution is 6.74. The van der Waals surface area contributed by atoms with Crippen LogP contribution in [0.15, 0.2) is 12.7 Å². The van der Waals surface area contributed by atoms with Crippen molar-refractivity contribution in [2.75, 3.05) is 13.2 Å². The lowest BCUT2D eigenvalue weighted by molar-refractivity contribution is -0.0381. The van der Waals surface area contributed by atoms with Gasteiger partial charge < -0.3 is 14.0 Å². The molecule has 1 fully saturated rings. The molecule has 0 bridgehead atoms. The van der Waals surface area contributed by atoms with Crippen molar-refractivity contribution in [3.8, 4) is 0 Å². The van der Waals surface area contributed by atoms with Crippen molar-refractivity contribution in [2.24, 2.45) is 0 Å². The first-order valence-corrected chi connectivity index (χ1v) is 11.8. The Labute approximate surface area is 149 Å². The molecule has 5 nitrogen and oxygen atoms in total. The zero-order valence-electron chi connectivity index (χ0n) is 16.2. The first-order valence-electron chi connectivity index (χ1n) is 8.86. The van der Waals surface area contributed by atoms with Gasteiger partial charge in [0.15, 0.2) is 8.32 Å². The lowest BCUT2D eigenvalue weighted by Gasteiger charge is -2.47. The van der Waals surface area contributed by atoms with Gasteiger partial charge in [0.05, 0.1) is 24.9 Å². The standard InChI is InChI=1S/C17H34BN2O3Si/c1-8-10-22-19-15-12-20(18-13-21)14(9-2)11-16(15)23-24(6,7)17(3,4)5/h8,13-16,19H,1,9-12H2,2-7H3/t14-,15+,16?/m1/s1. The molecule has 1 unspecified atom stereocenters. The Morgan fingerprint density at radius 3 is 2.58 bits per heavy atom. The van der Waals surface area contributed by atoms with Gasteiger partial charge in [0.2, 0.25) is 0 Å². The lowest BCUT2D eigenvalue weighted by Crippen LogP contribution is -2.61. The number of rotatable bonds is 9. The molecule has 0 aliphatic carbocycles. The molecule has 0 aromatic heterocycles. The molecule has 7 heteroatoms. The molecule has 0 aromatic carbocycles. The van der Waals surface area contributed by atoms with E-state index in [-0.39, 0.29) is 17.2 Å². The average Bonchev–Trinajstić information content (AvgIpc) is 2.48. The van der Waals surface area contributed by atoms with E-state index >= 15 is 0 Å². The van der Waals surface area contributed by atoms with E-state index < -0.39 is 8.32 Å². The zero-order chi connectivity index (χ0) is 18.4. The van der Waals surface area contributed by atoms with E-state index in [4.69, 9.17) is 9.26 Å². The van der Waals surface area contributed by atoms with Crippen LogP contribution >= 0.6 is 0 Å². The number of nitrogens with zero attached hydrogens (tertiary/aromatic N) is 1. The number of carbonyl (C=O) groups is 1. The van der Waals surface area contributed by atoms with Gasteiger partial charge in [0.1, 0.15) is 0 Å². The predicted octanol–water partition coefficient (Wildman–Crippen LogP) is 2.75. The second-order valence-corrected chi connectivity index (χ2v) is 12.8. The van der Waals surface area contributed by atoms with Crippen molar-refractivity contribution < 1.29 is 14.1 Å². The Kier molecular flexibility index (Phi) is 8.35. The summed E-state index contributed by atoms with van der Waals surface area (Å²) in [5.41, 5.74) is 3.13. The van der Waals surface area contributed by atoms with E-state index in [9.17, 15) is 4.79 Å². The van der Waals surface area contributed by atoms with Crippen LogP contribution in [-0.2, 0) is 14.1 Å². The second kappa shape index (κ2) is 9.29. The van der Waals surface area contributed by atoms with E-state index in [0.29, 0.717) is 19.2 Å². The highest BCUT2D eigenvalue weighted by Gasteiger charge is 2.43. The molecule has 0 saturated carbocycles. The summed E-state index contributed by atoms with van der Waals surface area (Å²) in [6.45, 7) is 18.3. The maximum atomic E-state index is 11.0. The number of hydroxylamine groups is 1. The summed E-state index contributed by atoms with van der Waals surface area (Å²) in [6, 6.07) is 0.348. The molecule has 0 spiro atoms. The predicted molar refractivity (Wildman–Crippen MR) is 103 cm³/mol. The number of nitrogens with one attached hydrogen (secondary N) is 1. The Morgan fingerprint density at radius 2 is 2.08 bits per heavy atom. The first kappa shape index (κ1) is 21.6. The van der Waals surface area contributed by atoms with Gasteiger partial charge in [0, 0.05) is 12.6 Å². The summed E-state index contributed by atoms with van der Waals surface area (Å²) in [5, 5.41) is 0.160. The van der Waals surface area contributed by atoms with Gasteiger partial charge in [-0.15, -0.1) is 6.58 Å². The quantitative estimate of drug-likeness (QED) is 0.227.